The third-order valence-electron chi connectivity index (χ3n) is 3.03. The smallest absolute Gasteiger partial charge is 0.191 e. The van der Waals surface area contributed by atoms with Gasteiger partial charge in [0.25, 0.3) is 0 Å². The summed E-state index contributed by atoms with van der Waals surface area (Å²) in [5.41, 5.74) is 1.32. The van der Waals surface area contributed by atoms with Crippen LogP contribution in [0, 0.1) is 0 Å². The van der Waals surface area contributed by atoms with E-state index < -0.39 is 0 Å². The Kier molecular flexibility index (Phi) is 8.28. The maximum absolute atomic E-state index is 5.69. The zero-order chi connectivity index (χ0) is 15.5. The van der Waals surface area contributed by atoms with Crippen molar-refractivity contribution in [2.45, 2.75) is 19.8 Å². The molecule has 0 spiro atoms. The van der Waals surface area contributed by atoms with E-state index in [0.29, 0.717) is 25.7 Å². The van der Waals surface area contributed by atoms with Crippen molar-refractivity contribution in [2.24, 2.45) is 4.99 Å². The summed E-state index contributed by atoms with van der Waals surface area (Å²) in [5.74, 6) is 2.19. The lowest BCUT2D eigenvalue weighted by atomic mass is 10.0. The second-order valence-electron chi connectivity index (χ2n) is 4.99. The van der Waals surface area contributed by atoms with E-state index in [9.17, 15) is 0 Å². The standard InChI is InChI=1S/C16H27N3O2/c1-13(2)14-5-7-15(8-6-14)21-12-10-19-16(17-3)18-9-11-20-4/h5-8,13H,9-12H2,1-4H3,(H2,17,18,19). The summed E-state index contributed by atoms with van der Waals surface area (Å²) in [6.07, 6.45) is 0. The lowest BCUT2D eigenvalue weighted by Gasteiger charge is -2.12. The van der Waals surface area contributed by atoms with Crippen molar-refractivity contribution in [3.63, 3.8) is 0 Å². The normalized spacial score (nSPS) is 11.6. The molecule has 0 aliphatic rings. The maximum Gasteiger partial charge on any atom is 0.191 e. The van der Waals surface area contributed by atoms with Gasteiger partial charge in [-0.15, -0.1) is 0 Å². The first-order chi connectivity index (χ1) is 10.2. The SMILES string of the molecule is CN=C(NCCOC)NCCOc1ccc(C(C)C)cc1. The summed E-state index contributed by atoms with van der Waals surface area (Å²) >= 11 is 0. The Balaban J connectivity index is 2.23. The van der Waals surface area contributed by atoms with E-state index in [1.165, 1.54) is 5.56 Å². The molecule has 5 nitrogen and oxygen atoms in total. The molecular formula is C16H27N3O2. The van der Waals surface area contributed by atoms with Crippen LogP contribution in [0.15, 0.2) is 29.3 Å². The van der Waals surface area contributed by atoms with Gasteiger partial charge in [-0.2, -0.15) is 0 Å². The molecule has 0 saturated heterocycles. The number of hydrogen-bond donors (Lipinski definition) is 2. The van der Waals surface area contributed by atoms with Crippen LogP contribution in [0.25, 0.3) is 0 Å². The average Bonchev–Trinajstić information content (AvgIpc) is 2.50. The van der Waals surface area contributed by atoms with Crippen LogP contribution in [0.5, 0.6) is 5.75 Å². The molecule has 1 rings (SSSR count). The third kappa shape index (κ3) is 6.99. The Labute approximate surface area is 127 Å². The first-order valence-corrected chi connectivity index (χ1v) is 7.33. The van der Waals surface area contributed by atoms with Crippen molar-refractivity contribution in [3.8, 4) is 5.75 Å². The monoisotopic (exact) mass is 293 g/mol. The summed E-state index contributed by atoms with van der Waals surface area (Å²) in [6.45, 7) is 7.03. The van der Waals surface area contributed by atoms with Gasteiger partial charge in [0, 0.05) is 20.7 Å². The lowest BCUT2D eigenvalue weighted by Crippen LogP contribution is -2.40. The molecular weight excluding hydrogens is 266 g/mol. The topological polar surface area (TPSA) is 54.9 Å². The van der Waals surface area contributed by atoms with Gasteiger partial charge in [0.15, 0.2) is 5.96 Å². The number of aliphatic imine (C=N–C) groups is 1. The number of rotatable bonds is 8. The Morgan fingerprint density at radius 3 is 2.24 bits per heavy atom. The second-order valence-corrected chi connectivity index (χ2v) is 4.99. The summed E-state index contributed by atoms with van der Waals surface area (Å²) in [7, 11) is 3.42. The number of nitrogens with one attached hydrogen (secondary N) is 2. The first-order valence-electron chi connectivity index (χ1n) is 7.33. The molecule has 0 aliphatic heterocycles. The minimum Gasteiger partial charge on any atom is -0.492 e. The summed E-state index contributed by atoms with van der Waals surface area (Å²) in [4.78, 5) is 4.12. The zero-order valence-corrected chi connectivity index (χ0v) is 13.5. The quantitative estimate of drug-likeness (QED) is 0.437. The van der Waals surface area contributed by atoms with Crippen molar-refractivity contribution in [2.75, 3.05) is 40.5 Å². The summed E-state index contributed by atoms with van der Waals surface area (Å²) in [6, 6.07) is 8.25. The second kappa shape index (κ2) is 10.0. The molecule has 0 atom stereocenters. The van der Waals surface area contributed by atoms with E-state index >= 15 is 0 Å². The van der Waals surface area contributed by atoms with Gasteiger partial charge in [0.1, 0.15) is 12.4 Å². The Morgan fingerprint density at radius 1 is 1.10 bits per heavy atom. The van der Waals surface area contributed by atoms with E-state index in [1.54, 1.807) is 14.2 Å². The van der Waals surface area contributed by atoms with Crippen molar-refractivity contribution < 1.29 is 9.47 Å². The Bertz CT molecular complexity index is 416. The minimum atomic E-state index is 0.544. The highest BCUT2D eigenvalue weighted by atomic mass is 16.5. The van der Waals surface area contributed by atoms with Crippen molar-refractivity contribution in [1.29, 1.82) is 0 Å². The van der Waals surface area contributed by atoms with Crippen LogP contribution in [-0.2, 0) is 4.74 Å². The predicted octanol–water partition coefficient (Wildman–Crippen LogP) is 2.00. The van der Waals surface area contributed by atoms with Crippen LogP contribution in [0.2, 0.25) is 0 Å². The first kappa shape index (κ1) is 17.3. The summed E-state index contributed by atoms with van der Waals surface area (Å²) < 4.78 is 10.7. The van der Waals surface area contributed by atoms with Crippen LogP contribution < -0.4 is 15.4 Å². The minimum absolute atomic E-state index is 0.544. The van der Waals surface area contributed by atoms with E-state index in [-0.39, 0.29) is 0 Å². The van der Waals surface area contributed by atoms with Crippen LogP contribution in [0.4, 0.5) is 0 Å². The van der Waals surface area contributed by atoms with E-state index in [2.05, 4.69) is 41.6 Å². The van der Waals surface area contributed by atoms with Gasteiger partial charge < -0.3 is 20.1 Å². The third-order valence-corrected chi connectivity index (χ3v) is 3.03. The fourth-order valence-electron chi connectivity index (χ4n) is 1.78. The van der Waals surface area contributed by atoms with E-state index in [0.717, 1.165) is 18.3 Å². The van der Waals surface area contributed by atoms with Gasteiger partial charge in [0.05, 0.1) is 13.2 Å². The number of benzene rings is 1. The Morgan fingerprint density at radius 2 is 1.71 bits per heavy atom. The van der Waals surface area contributed by atoms with E-state index in [4.69, 9.17) is 9.47 Å². The summed E-state index contributed by atoms with van der Waals surface area (Å²) in [5, 5.41) is 6.33. The average molecular weight is 293 g/mol. The van der Waals surface area contributed by atoms with E-state index in [1.807, 2.05) is 12.1 Å². The fraction of sp³-hybridized carbons (Fsp3) is 0.562. The predicted molar refractivity (Wildman–Crippen MR) is 87.3 cm³/mol. The van der Waals surface area contributed by atoms with Crippen LogP contribution in [0.1, 0.15) is 25.3 Å². The molecule has 0 radical (unpaired) electrons. The van der Waals surface area contributed by atoms with Crippen LogP contribution >= 0.6 is 0 Å². The maximum atomic E-state index is 5.69. The van der Waals surface area contributed by atoms with Crippen molar-refractivity contribution in [1.82, 2.24) is 10.6 Å². The number of methoxy groups -OCH3 is 1. The number of guanidine groups is 1. The van der Waals surface area contributed by atoms with Gasteiger partial charge in [-0.25, -0.2) is 0 Å². The molecule has 118 valence electrons. The molecule has 0 heterocycles. The molecule has 0 aliphatic carbocycles. The Hall–Kier alpha value is -1.75. The number of nitrogens with zero attached hydrogens (tertiary/aromatic N) is 1. The van der Waals surface area contributed by atoms with Gasteiger partial charge >= 0.3 is 0 Å². The molecule has 0 bridgehead atoms. The highest BCUT2D eigenvalue weighted by Crippen LogP contribution is 2.18. The molecule has 0 aromatic heterocycles. The molecule has 2 N–H and O–H groups in total. The molecule has 21 heavy (non-hydrogen) atoms. The largest absolute Gasteiger partial charge is 0.492 e. The molecule has 1 aromatic rings. The van der Waals surface area contributed by atoms with Crippen LogP contribution in [-0.4, -0.2) is 46.4 Å². The van der Waals surface area contributed by atoms with Gasteiger partial charge in [-0.3, -0.25) is 4.99 Å². The highest BCUT2D eigenvalue weighted by Gasteiger charge is 2.00. The van der Waals surface area contributed by atoms with Crippen molar-refractivity contribution in [3.05, 3.63) is 29.8 Å². The molecule has 0 unspecified atom stereocenters. The zero-order valence-electron chi connectivity index (χ0n) is 13.5. The van der Waals surface area contributed by atoms with Crippen LogP contribution in [0.3, 0.4) is 0 Å². The molecule has 5 heteroatoms. The number of ether oxygens (including phenoxy) is 2. The molecule has 1 aromatic carbocycles. The highest BCUT2D eigenvalue weighted by molar-refractivity contribution is 5.79. The lowest BCUT2D eigenvalue weighted by molar-refractivity contribution is 0.203. The molecule has 0 saturated carbocycles. The van der Waals surface area contributed by atoms with Crippen molar-refractivity contribution >= 4 is 5.96 Å². The number of hydrogen-bond acceptors (Lipinski definition) is 3. The van der Waals surface area contributed by atoms with Gasteiger partial charge in [-0.05, 0) is 23.6 Å². The molecule has 0 fully saturated rings. The van der Waals surface area contributed by atoms with Gasteiger partial charge in [-0.1, -0.05) is 26.0 Å². The van der Waals surface area contributed by atoms with Gasteiger partial charge in [0.2, 0.25) is 0 Å². The molecule has 0 amide bonds. The fourth-order valence-corrected chi connectivity index (χ4v) is 1.78.